The summed E-state index contributed by atoms with van der Waals surface area (Å²) in [5, 5.41) is 62.9. The van der Waals surface area contributed by atoms with Crippen molar-refractivity contribution in [3.05, 3.63) is 0 Å². The Kier molecular flexibility index (Phi) is 52.7. The molecule has 0 atom stereocenters. The molecule has 120 valence electrons. The minimum atomic E-state index is -1.80. The molecular formula is C4H4AlLiO16. The first-order valence-corrected chi connectivity index (χ1v) is 3.19. The van der Waals surface area contributed by atoms with Gasteiger partial charge in [-0.2, -0.15) is 0 Å². The van der Waals surface area contributed by atoms with E-state index in [-0.39, 0.29) is 36.2 Å². The van der Waals surface area contributed by atoms with Crippen molar-refractivity contribution in [1.82, 2.24) is 0 Å². The Morgan fingerprint density at radius 1 is 0.545 bits per heavy atom. The summed E-state index contributed by atoms with van der Waals surface area (Å²) in [5.74, 6) is 0. The van der Waals surface area contributed by atoms with Crippen molar-refractivity contribution in [2.45, 2.75) is 0 Å². The summed E-state index contributed by atoms with van der Waals surface area (Å²) < 4.78 is 0. The normalized spacial score (nSPS) is 6.00. The van der Waals surface area contributed by atoms with Gasteiger partial charge in [-0.15, -0.1) is 0 Å². The van der Waals surface area contributed by atoms with E-state index in [4.69, 9.17) is 60.6 Å². The molecule has 0 heterocycles. The van der Waals surface area contributed by atoms with E-state index in [0.717, 1.165) is 0 Å². The fourth-order valence-corrected chi connectivity index (χ4v) is 0. The monoisotopic (exact) mass is 342 g/mol. The van der Waals surface area contributed by atoms with Crippen molar-refractivity contribution in [2.24, 2.45) is 0 Å². The molecule has 0 unspecified atom stereocenters. The van der Waals surface area contributed by atoms with Crippen LogP contribution < -0.4 is 39.9 Å². The molecule has 0 aliphatic carbocycles. The number of hydrogen-bond acceptors (Lipinski definition) is 12. The first kappa shape index (κ1) is 36.9. The van der Waals surface area contributed by atoms with Crippen LogP contribution in [0.25, 0.3) is 0 Å². The van der Waals surface area contributed by atoms with Gasteiger partial charge < -0.3 is 61.0 Å². The van der Waals surface area contributed by atoms with E-state index < -0.39 is 24.6 Å². The summed E-state index contributed by atoms with van der Waals surface area (Å²) >= 11 is 0. The molecule has 18 heteroatoms. The molecule has 0 aliphatic heterocycles. The smallest absolute Gasteiger partial charge is 0.659 e. The summed E-state index contributed by atoms with van der Waals surface area (Å²) in [5.41, 5.74) is 0. The first-order chi connectivity index (χ1) is 9.08. The largest absolute Gasteiger partial charge is 3.00 e. The average Bonchev–Trinajstić information content (AvgIpc) is 2.40. The van der Waals surface area contributed by atoms with E-state index >= 15 is 0 Å². The van der Waals surface area contributed by atoms with Crippen LogP contribution in [0.2, 0.25) is 0 Å². The predicted molar refractivity (Wildman–Crippen MR) is 42.2 cm³/mol. The molecule has 0 radical (unpaired) electrons. The predicted octanol–water partition coefficient (Wildman–Crippen LogP) is -7.55. The Morgan fingerprint density at radius 2 is 0.591 bits per heavy atom. The molecular weight excluding hydrogens is 338 g/mol. The second kappa shape index (κ2) is 31.4. The molecule has 0 amide bonds. The summed E-state index contributed by atoms with van der Waals surface area (Å²) in [6, 6.07) is 0. The van der Waals surface area contributed by atoms with Crippen molar-refractivity contribution in [1.29, 1.82) is 0 Å². The zero-order chi connectivity index (χ0) is 17.1. The molecule has 0 saturated heterocycles. The molecule has 0 aromatic rings. The molecule has 0 aromatic carbocycles. The van der Waals surface area contributed by atoms with Crippen molar-refractivity contribution < 1.29 is 99.0 Å². The van der Waals surface area contributed by atoms with Gasteiger partial charge in [0.25, 0.3) is 0 Å². The summed E-state index contributed by atoms with van der Waals surface area (Å²) in [7, 11) is 0. The fraction of sp³-hybridized carbons (Fsp3) is 0. The van der Waals surface area contributed by atoms with Crippen LogP contribution in [-0.2, 0) is 19.6 Å². The summed E-state index contributed by atoms with van der Waals surface area (Å²) in [6.45, 7) is 0. The Morgan fingerprint density at radius 3 is 0.591 bits per heavy atom. The maximum Gasteiger partial charge on any atom is 3.00 e. The van der Waals surface area contributed by atoms with Crippen LogP contribution in [0.3, 0.4) is 0 Å². The first-order valence-electron chi connectivity index (χ1n) is 3.19. The van der Waals surface area contributed by atoms with Gasteiger partial charge in [-0.25, -0.2) is 19.2 Å². The summed E-state index contributed by atoms with van der Waals surface area (Å²) in [6.07, 6.45) is -7.20. The van der Waals surface area contributed by atoms with E-state index in [1.54, 1.807) is 0 Å². The fourth-order valence-electron chi connectivity index (χ4n) is 0. The molecule has 16 nitrogen and oxygen atoms in total. The van der Waals surface area contributed by atoms with Crippen molar-refractivity contribution in [2.75, 3.05) is 0 Å². The molecule has 0 fully saturated rings. The molecule has 0 saturated carbocycles. The van der Waals surface area contributed by atoms with Gasteiger partial charge in [0.05, 0.1) is 0 Å². The van der Waals surface area contributed by atoms with Gasteiger partial charge in [0.2, 0.25) is 0 Å². The Balaban J connectivity index is -0.0000000376. The molecule has 4 N–H and O–H groups in total. The van der Waals surface area contributed by atoms with Gasteiger partial charge in [0, 0.05) is 0 Å². The van der Waals surface area contributed by atoms with Gasteiger partial charge in [-0.1, -0.05) is 0 Å². The SMILES string of the molecule is O=C(O)O[O-].O=C(O)O[O-].O=C(O)O[O-].O=C(O)O[O-].[Al+3].[Li+]. The van der Waals surface area contributed by atoms with Gasteiger partial charge in [-0.05, 0) is 0 Å². The molecule has 22 heavy (non-hydrogen) atoms. The number of carbonyl (C=O) groups is 4. The van der Waals surface area contributed by atoms with E-state index in [9.17, 15) is 0 Å². The standard InChI is InChI=1S/4CH2O4.Al.Li/c4*2-1(3)5-4;;/h4*4H,(H,2,3);;/q;;;;+3;+1/p-4. The Labute approximate surface area is 141 Å². The van der Waals surface area contributed by atoms with Crippen LogP contribution in [0.5, 0.6) is 0 Å². The topological polar surface area (TPSA) is 278 Å². The van der Waals surface area contributed by atoms with Crippen molar-refractivity contribution >= 4 is 42.0 Å². The third kappa shape index (κ3) is 143. The molecule has 0 aliphatic rings. The minimum absolute atomic E-state index is 0. The van der Waals surface area contributed by atoms with Crippen LogP contribution in [0.15, 0.2) is 0 Å². The quantitative estimate of drug-likeness (QED) is 0.180. The van der Waals surface area contributed by atoms with Crippen LogP contribution >= 0.6 is 0 Å². The number of carboxylic acid groups (broad SMARTS) is 4. The Hall–Kier alpha value is -1.95. The molecule has 0 bridgehead atoms. The third-order valence-corrected chi connectivity index (χ3v) is 0.285. The molecule has 0 rings (SSSR count). The molecule has 0 aromatic heterocycles. The number of rotatable bonds is 0. The Bertz CT molecular complexity index is 223. The van der Waals surface area contributed by atoms with Crippen LogP contribution in [0.1, 0.15) is 0 Å². The van der Waals surface area contributed by atoms with Gasteiger partial charge in [0.1, 0.15) is 0 Å². The maximum absolute atomic E-state index is 8.83. The van der Waals surface area contributed by atoms with E-state index in [1.165, 1.54) is 0 Å². The van der Waals surface area contributed by atoms with E-state index in [0.29, 0.717) is 0 Å². The van der Waals surface area contributed by atoms with E-state index in [1.807, 2.05) is 0 Å². The third-order valence-electron chi connectivity index (χ3n) is 0.285. The number of hydrogen-bond donors (Lipinski definition) is 4. The second-order valence-corrected chi connectivity index (χ2v) is 1.40. The maximum atomic E-state index is 8.83. The average molecular weight is 342 g/mol. The zero-order valence-electron chi connectivity index (χ0n) is 10.3. The van der Waals surface area contributed by atoms with Gasteiger partial charge in [-0.3, -0.25) is 0 Å². The van der Waals surface area contributed by atoms with Crippen LogP contribution in [-0.4, -0.2) is 62.4 Å². The van der Waals surface area contributed by atoms with Gasteiger partial charge in [0.15, 0.2) is 0 Å². The van der Waals surface area contributed by atoms with Crippen molar-refractivity contribution in [3.8, 4) is 0 Å². The second-order valence-electron chi connectivity index (χ2n) is 1.40. The van der Waals surface area contributed by atoms with Crippen LogP contribution in [0, 0.1) is 0 Å². The zero-order valence-corrected chi connectivity index (χ0v) is 11.4. The molecule has 0 spiro atoms. The minimum Gasteiger partial charge on any atom is -0.659 e. The van der Waals surface area contributed by atoms with Crippen molar-refractivity contribution in [3.63, 3.8) is 0 Å². The summed E-state index contributed by atoms with van der Waals surface area (Å²) in [4.78, 5) is 45.0. The van der Waals surface area contributed by atoms with Crippen LogP contribution in [0.4, 0.5) is 19.2 Å². The van der Waals surface area contributed by atoms with E-state index in [2.05, 4.69) is 19.6 Å². The van der Waals surface area contributed by atoms with Gasteiger partial charge >= 0.3 is 60.8 Å².